The third-order valence-electron chi connectivity index (χ3n) is 2.30. The first-order chi connectivity index (χ1) is 8.63. The van der Waals surface area contributed by atoms with Gasteiger partial charge in [-0.1, -0.05) is 22.9 Å². The Morgan fingerprint density at radius 3 is 2.89 bits per heavy atom. The van der Waals surface area contributed by atoms with E-state index in [9.17, 15) is 9.90 Å². The minimum atomic E-state index is -0.520. The van der Waals surface area contributed by atoms with Crippen LogP contribution in [0.3, 0.4) is 0 Å². The summed E-state index contributed by atoms with van der Waals surface area (Å²) in [7, 11) is 0. The van der Waals surface area contributed by atoms with Crippen molar-refractivity contribution in [3.05, 3.63) is 40.7 Å². The third kappa shape index (κ3) is 2.28. The van der Waals surface area contributed by atoms with Gasteiger partial charge in [0.2, 0.25) is 5.88 Å². The lowest BCUT2D eigenvalue weighted by Crippen LogP contribution is -2.30. The van der Waals surface area contributed by atoms with Crippen molar-refractivity contribution in [3.63, 3.8) is 0 Å². The number of pyridine rings is 1. The number of fused-ring (bicyclic) bond motifs is 1. The minimum absolute atomic E-state index is 0.217. The Morgan fingerprint density at radius 1 is 1.44 bits per heavy atom. The molecule has 0 amide bonds. The lowest BCUT2D eigenvalue weighted by molar-refractivity contribution is 0.142. The van der Waals surface area contributed by atoms with Crippen molar-refractivity contribution in [1.82, 2.24) is 4.73 Å². The monoisotopic (exact) mass is 265 g/mol. The summed E-state index contributed by atoms with van der Waals surface area (Å²) in [5.74, 6) is -0.305. The molecular formula is C12H11NO4S. The van der Waals surface area contributed by atoms with Crippen LogP contribution in [0.5, 0.6) is 5.88 Å². The number of ether oxygens (including phenoxy) is 1. The van der Waals surface area contributed by atoms with Crippen molar-refractivity contribution in [3.8, 4) is 5.88 Å². The Hall–Kier alpha value is -2.08. The number of aromatic hydroxyl groups is 1. The number of hydrogen-bond donors (Lipinski definition) is 1. The first-order valence-electron chi connectivity index (χ1n) is 5.32. The average molecular weight is 265 g/mol. The molecule has 0 unspecified atom stereocenters. The average Bonchev–Trinajstić information content (AvgIpc) is 2.35. The van der Waals surface area contributed by atoms with Gasteiger partial charge in [-0.3, -0.25) is 4.79 Å². The van der Waals surface area contributed by atoms with Gasteiger partial charge >= 0.3 is 5.24 Å². The molecule has 18 heavy (non-hydrogen) atoms. The van der Waals surface area contributed by atoms with E-state index in [1.165, 1.54) is 6.07 Å². The Labute approximate surface area is 108 Å². The summed E-state index contributed by atoms with van der Waals surface area (Å²) in [5.41, 5.74) is -0.520. The van der Waals surface area contributed by atoms with Gasteiger partial charge in [-0.2, -0.15) is 0 Å². The second kappa shape index (κ2) is 5.05. The summed E-state index contributed by atoms with van der Waals surface area (Å²) in [5, 5.41) is 10.9. The summed E-state index contributed by atoms with van der Waals surface area (Å²) < 4.78 is 5.61. The highest BCUT2D eigenvalue weighted by atomic mass is 32.1. The predicted molar refractivity (Wildman–Crippen MR) is 70.7 cm³/mol. The van der Waals surface area contributed by atoms with E-state index in [0.717, 1.165) is 0 Å². The zero-order valence-corrected chi connectivity index (χ0v) is 10.4. The molecule has 0 saturated carbocycles. The van der Waals surface area contributed by atoms with Crippen molar-refractivity contribution < 1.29 is 14.7 Å². The lowest BCUT2D eigenvalue weighted by atomic mass is 10.2. The normalized spacial score (nSPS) is 10.3. The van der Waals surface area contributed by atoms with Crippen LogP contribution >= 0.6 is 12.2 Å². The van der Waals surface area contributed by atoms with E-state index in [4.69, 9.17) is 21.8 Å². The summed E-state index contributed by atoms with van der Waals surface area (Å²) >= 11 is 4.76. The third-order valence-corrected chi connectivity index (χ3v) is 2.49. The van der Waals surface area contributed by atoms with Crippen LogP contribution in [0.2, 0.25) is 0 Å². The molecule has 0 saturated heterocycles. The zero-order valence-electron chi connectivity index (χ0n) is 9.62. The first kappa shape index (κ1) is 12.4. The molecule has 1 aromatic carbocycles. The number of aromatic nitrogens is 1. The Kier molecular flexibility index (Phi) is 3.47. The molecule has 0 atom stereocenters. The maximum absolute atomic E-state index is 11.8. The number of nitrogens with zero attached hydrogens (tertiary/aromatic N) is 1. The zero-order chi connectivity index (χ0) is 13.1. The number of thiocarbonyl (C=S) groups is 1. The Morgan fingerprint density at radius 2 is 2.17 bits per heavy atom. The van der Waals surface area contributed by atoms with Gasteiger partial charge in [-0.25, -0.2) is 0 Å². The molecule has 0 fully saturated rings. The van der Waals surface area contributed by atoms with Crippen LogP contribution < -0.4 is 10.4 Å². The van der Waals surface area contributed by atoms with Crippen molar-refractivity contribution in [2.24, 2.45) is 0 Å². The molecule has 2 aromatic rings. The quantitative estimate of drug-likeness (QED) is 0.833. The molecule has 0 aliphatic rings. The second-order valence-electron chi connectivity index (χ2n) is 3.46. The van der Waals surface area contributed by atoms with Crippen molar-refractivity contribution in [2.75, 3.05) is 6.61 Å². The van der Waals surface area contributed by atoms with Crippen LogP contribution in [-0.2, 0) is 4.74 Å². The largest absolute Gasteiger partial charge is 0.492 e. The molecular weight excluding hydrogens is 254 g/mol. The Balaban J connectivity index is 2.51. The molecule has 1 N–H and O–H groups in total. The van der Waals surface area contributed by atoms with E-state index in [2.05, 4.69) is 0 Å². The van der Waals surface area contributed by atoms with Gasteiger partial charge in [0, 0.05) is 23.7 Å². The highest BCUT2D eigenvalue weighted by Gasteiger charge is 2.11. The standard InChI is InChI=1S/C12H11NO4S/c1-2-16-12(18)17-13-10(14)7-8-5-3-4-6-9(8)11(13)15/h3-7,15H,2H2,1H3. The SMILES string of the molecule is CCOC(=S)On1c(O)c2ccccc2cc1=O. The van der Waals surface area contributed by atoms with Crippen LogP contribution in [0.15, 0.2) is 35.1 Å². The fourth-order valence-electron chi connectivity index (χ4n) is 1.54. The molecule has 0 aliphatic heterocycles. The second-order valence-corrected chi connectivity index (χ2v) is 3.80. The van der Waals surface area contributed by atoms with Gasteiger partial charge in [-0.15, -0.1) is 0 Å². The van der Waals surface area contributed by atoms with Crippen molar-refractivity contribution in [1.29, 1.82) is 0 Å². The van der Waals surface area contributed by atoms with Crippen molar-refractivity contribution >= 4 is 28.2 Å². The predicted octanol–water partition coefficient (Wildman–Crippen LogP) is 1.46. The summed E-state index contributed by atoms with van der Waals surface area (Å²) in [6.07, 6.45) is 0. The smallest absolute Gasteiger partial charge is 0.378 e. The first-order valence-corrected chi connectivity index (χ1v) is 5.73. The molecule has 2 rings (SSSR count). The topological polar surface area (TPSA) is 60.7 Å². The molecule has 0 aliphatic carbocycles. The van der Waals surface area contributed by atoms with Gasteiger partial charge in [0.25, 0.3) is 5.56 Å². The van der Waals surface area contributed by atoms with E-state index >= 15 is 0 Å². The number of rotatable bonds is 2. The van der Waals surface area contributed by atoms with Crippen LogP contribution in [0.1, 0.15) is 6.92 Å². The highest BCUT2D eigenvalue weighted by molar-refractivity contribution is 7.79. The van der Waals surface area contributed by atoms with Crippen LogP contribution in [0.4, 0.5) is 0 Å². The van der Waals surface area contributed by atoms with Crippen LogP contribution in [0, 0.1) is 0 Å². The van der Waals surface area contributed by atoms with Crippen molar-refractivity contribution in [2.45, 2.75) is 6.92 Å². The van der Waals surface area contributed by atoms with E-state index in [1.54, 1.807) is 31.2 Å². The Bertz CT molecular complexity index is 650. The van der Waals surface area contributed by atoms with Crippen LogP contribution in [0.25, 0.3) is 10.8 Å². The summed E-state index contributed by atoms with van der Waals surface area (Å²) in [6.45, 7) is 2.06. The maximum atomic E-state index is 11.8. The molecule has 0 spiro atoms. The van der Waals surface area contributed by atoms with Gasteiger partial charge in [-0.05, 0) is 18.4 Å². The molecule has 6 heteroatoms. The number of benzene rings is 1. The summed E-state index contributed by atoms with van der Waals surface area (Å²) in [4.78, 5) is 16.7. The molecule has 0 bridgehead atoms. The van der Waals surface area contributed by atoms with Gasteiger partial charge in [0.05, 0.1) is 6.61 Å². The minimum Gasteiger partial charge on any atom is -0.492 e. The van der Waals surface area contributed by atoms with Gasteiger partial charge < -0.3 is 14.7 Å². The molecule has 94 valence electrons. The molecule has 5 nitrogen and oxygen atoms in total. The van der Waals surface area contributed by atoms with E-state index in [1.807, 2.05) is 0 Å². The molecule has 0 radical (unpaired) electrons. The fraction of sp³-hybridized carbons (Fsp3) is 0.167. The fourth-order valence-corrected chi connectivity index (χ4v) is 1.73. The number of hydrogen-bond acceptors (Lipinski definition) is 5. The summed E-state index contributed by atoms with van der Waals surface area (Å²) in [6, 6.07) is 8.27. The maximum Gasteiger partial charge on any atom is 0.378 e. The molecule has 1 heterocycles. The van der Waals surface area contributed by atoms with Gasteiger partial charge in [0.1, 0.15) is 0 Å². The van der Waals surface area contributed by atoms with E-state index < -0.39 is 5.56 Å². The van der Waals surface area contributed by atoms with Gasteiger partial charge in [0.15, 0.2) is 0 Å². The van der Waals surface area contributed by atoms with Crippen LogP contribution in [-0.4, -0.2) is 21.7 Å². The van der Waals surface area contributed by atoms with E-state index in [0.29, 0.717) is 22.1 Å². The van der Waals surface area contributed by atoms with E-state index in [-0.39, 0.29) is 11.1 Å². The lowest BCUT2D eigenvalue weighted by Gasteiger charge is -2.11. The molecule has 1 aromatic heterocycles. The highest BCUT2D eigenvalue weighted by Crippen LogP contribution is 2.21.